The minimum absolute atomic E-state index is 0.00725. The molecule has 1 N–H and O–H groups in total. The van der Waals surface area contributed by atoms with Gasteiger partial charge < -0.3 is 10.1 Å². The SMILES string of the molecule is O=[N+]([O-])c1cnc(Cl)nc1NC1CC2CCC1O2. The van der Waals surface area contributed by atoms with Gasteiger partial charge in [0, 0.05) is 0 Å². The van der Waals surface area contributed by atoms with Crippen molar-refractivity contribution in [3.8, 4) is 0 Å². The Labute approximate surface area is 108 Å². The number of ether oxygens (including phenoxy) is 1. The van der Waals surface area contributed by atoms with Gasteiger partial charge in [-0.3, -0.25) is 10.1 Å². The molecule has 2 fully saturated rings. The molecule has 0 aliphatic carbocycles. The molecule has 1 aromatic heterocycles. The fourth-order valence-corrected chi connectivity index (χ4v) is 2.69. The summed E-state index contributed by atoms with van der Waals surface area (Å²) in [5.41, 5.74) is -0.165. The lowest BCUT2D eigenvalue weighted by Crippen LogP contribution is -2.31. The van der Waals surface area contributed by atoms with E-state index >= 15 is 0 Å². The average molecular weight is 271 g/mol. The molecule has 2 aliphatic heterocycles. The van der Waals surface area contributed by atoms with Crippen LogP contribution in [0.4, 0.5) is 11.5 Å². The third-order valence-corrected chi connectivity index (χ3v) is 3.55. The second-order valence-electron chi connectivity index (χ2n) is 4.49. The Morgan fingerprint density at radius 1 is 1.56 bits per heavy atom. The molecule has 0 saturated carbocycles. The van der Waals surface area contributed by atoms with Crippen LogP contribution in [0.2, 0.25) is 5.28 Å². The zero-order chi connectivity index (χ0) is 12.7. The van der Waals surface area contributed by atoms with Gasteiger partial charge in [-0.2, -0.15) is 4.98 Å². The molecule has 8 heteroatoms. The van der Waals surface area contributed by atoms with Gasteiger partial charge in [-0.25, -0.2) is 4.98 Å². The van der Waals surface area contributed by atoms with Crippen molar-refractivity contribution in [1.29, 1.82) is 0 Å². The Bertz CT molecular complexity index is 498. The summed E-state index contributed by atoms with van der Waals surface area (Å²) in [6.45, 7) is 0. The van der Waals surface area contributed by atoms with Gasteiger partial charge in [0.05, 0.1) is 23.2 Å². The molecule has 2 bridgehead atoms. The van der Waals surface area contributed by atoms with E-state index < -0.39 is 4.92 Å². The second-order valence-corrected chi connectivity index (χ2v) is 4.83. The third-order valence-electron chi connectivity index (χ3n) is 3.36. The number of hydrogen-bond donors (Lipinski definition) is 1. The highest BCUT2D eigenvalue weighted by molar-refractivity contribution is 6.28. The van der Waals surface area contributed by atoms with E-state index in [1.807, 2.05) is 0 Å². The summed E-state index contributed by atoms with van der Waals surface area (Å²) >= 11 is 5.67. The third kappa shape index (κ3) is 1.99. The highest BCUT2D eigenvalue weighted by Crippen LogP contribution is 2.36. The van der Waals surface area contributed by atoms with Gasteiger partial charge >= 0.3 is 5.69 Å². The molecule has 3 heterocycles. The first-order valence-corrected chi connectivity index (χ1v) is 6.10. The van der Waals surface area contributed by atoms with E-state index in [-0.39, 0.29) is 35.0 Å². The molecule has 0 aromatic carbocycles. The smallest absolute Gasteiger partial charge is 0.329 e. The summed E-state index contributed by atoms with van der Waals surface area (Å²) < 4.78 is 5.68. The zero-order valence-corrected chi connectivity index (χ0v) is 10.1. The Kier molecular flexibility index (Phi) is 2.79. The van der Waals surface area contributed by atoms with Crippen LogP contribution < -0.4 is 5.32 Å². The van der Waals surface area contributed by atoms with Gasteiger partial charge in [0.25, 0.3) is 0 Å². The molecule has 2 aliphatic rings. The number of hydrogen-bond acceptors (Lipinski definition) is 6. The summed E-state index contributed by atoms with van der Waals surface area (Å²) in [4.78, 5) is 17.9. The maximum atomic E-state index is 10.9. The molecule has 0 amide bonds. The summed E-state index contributed by atoms with van der Waals surface area (Å²) in [5.74, 6) is 0.168. The molecular formula is C10H11ClN4O3. The molecule has 3 unspecified atom stereocenters. The second kappa shape index (κ2) is 4.33. The molecule has 18 heavy (non-hydrogen) atoms. The first-order chi connectivity index (χ1) is 8.63. The molecule has 0 spiro atoms. The molecule has 2 saturated heterocycles. The Balaban J connectivity index is 1.83. The fraction of sp³-hybridized carbons (Fsp3) is 0.600. The van der Waals surface area contributed by atoms with Crippen LogP contribution in [0.3, 0.4) is 0 Å². The van der Waals surface area contributed by atoms with Crippen LogP contribution in [0.25, 0.3) is 0 Å². The monoisotopic (exact) mass is 270 g/mol. The van der Waals surface area contributed by atoms with Gasteiger partial charge in [0.2, 0.25) is 11.1 Å². The van der Waals surface area contributed by atoms with Crippen molar-refractivity contribution in [2.45, 2.75) is 37.5 Å². The molecule has 3 rings (SSSR count). The summed E-state index contributed by atoms with van der Waals surface area (Å²) in [6, 6.07) is 0.0633. The maximum absolute atomic E-state index is 10.9. The van der Waals surface area contributed by atoms with E-state index in [4.69, 9.17) is 16.3 Å². The van der Waals surface area contributed by atoms with Crippen LogP contribution in [0.5, 0.6) is 0 Å². The molecule has 96 valence electrons. The van der Waals surface area contributed by atoms with Gasteiger partial charge in [-0.05, 0) is 30.9 Å². The van der Waals surface area contributed by atoms with E-state index in [2.05, 4.69) is 15.3 Å². The molecule has 7 nitrogen and oxygen atoms in total. The highest BCUT2D eigenvalue weighted by Gasteiger charge is 2.41. The quantitative estimate of drug-likeness (QED) is 0.511. The number of halogens is 1. The molecule has 3 atom stereocenters. The molecular weight excluding hydrogens is 260 g/mol. The zero-order valence-electron chi connectivity index (χ0n) is 9.38. The van der Waals surface area contributed by atoms with Crippen LogP contribution in [0.15, 0.2) is 6.20 Å². The van der Waals surface area contributed by atoms with Gasteiger partial charge in [0.15, 0.2) is 0 Å². The Hall–Kier alpha value is -1.47. The maximum Gasteiger partial charge on any atom is 0.329 e. The average Bonchev–Trinajstić information content (AvgIpc) is 2.90. The van der Waals surface area contributed by atoms with Crippen LogP contribution in [0, 0.1) is 10.1 Å². The normalized spacial score (nSPS) is 29.5. The first-order valence-electron chi connectivity index (χ1n) is 5.72. The van der Waals surface area contributed by atoms with Crippen LogP contribution in [0.1, 0.15) is 19.3 Å². The predicted octanol–water partition coefficient (Wildman–Crippen LogP) is 1.77. The van der Waals surface area contributed by atoms with Crippen molar-refractivity contribution in [2.75, 3.05) is 5.32 Å². The van der Waals surface area contributed by atoms with Crippen molar-refractivity contribution in [1.82, 2.24) is 9.97 Å². The number of nitro groups is 1. The Morgan fingerprint density at radius 2 is 2.39 bits per heavy atom. The summed E-state index contributed by atoms with van der Waals surface area (Å²) in [6.07, 6.45) is 4.40. The lowest BCUT2D eigenvalue weighted by Gasteiger charge is -2.20. The fourth-order valence-electron chi connectivity index (χ4n) is 2.56. The van der Waals surface area contributed by atoms with Crippen LogP contribution in [-0.4, -0.2) is 33.1 Å². The number of aromatic nitrogens is 2. The summed E-state index contributed by atoms with van der Waals surface area (Å²) in [7, 11) is 0. The number of nitrogens with zero attached hydrogens (tertiary/aromatic N) is 3. The number of anilines is 1. The van der Waals surface area contributed by atoms with Crippen molar-refractivity contribution >= 4 is 23.1 Å². The van der Waals surface area contributed by atoms with E-state index in [9.17, 15) is 10.1 Å². The first kappa shape index (κ1) is 11.6. The molecule has 0 radical (unpaired) electrons. The number of fused-ring (bicyclic) bond motifs is 2. The lowest BCUT2D eigenvalue weighted by atomic mass is 9.95. The van der Waals surface area contributed by atoms with Gasteiger partial charge in [-0.1, -0.05) is 0 Å². The van der Waals surface area contributed by atoms with Crippen molar-refractivity contribution < 1.29 is 9.66 Å². The largest absolute Gasteiger partial charge is 0.373 e. The topological polar surface area (TPSA) is 90.2 Å². The minimum atomic E-state index is -0.521. The van der Waals surface area contributed by atoms with E-state index in [1.54, 1.807) is 0 Å². The standard InChI is InChI=1S/C10H11ClN4O3/c11-10-12-4-7(15(16)17)9(14-10)13-6-3-5-1-2-8(6)18-5/h4-6,8H,1-3H2,(H,12,13,14). The van der Waals surface area contributed by atoms with Crippen LogP contribution in [-0.2, 0) is 4.74 Å². The number of nitrogens with one attached hydrogen (secondary N) is 1. The van der Waals surface area contributed by atoms with E-state index in [0.717, 1.165) is 25.5 Å². The predicted molar refractivity (Wildman–Crippen MR) is 63.6 cm³/mol. The van der Waals surface area contributed by atoms with Crippen molar-refractivity contribution in [2.24, 2.45) is 0 Å². The molecule has 1 aromatic rings. The number of rotatable bonds is 3. The van der Waals surface area contributed by atoms with E-state index in [1.165, 1.54) is 0 Å². The summed E-state index contributed by atoms with van der Waals surface area (Å²) in [5, 5.41) is 13.9. The highest BCUT2D eigenvalue weighted by atomic mass is 35.5. The van der Waals surface area contributed by atoms with Gasteiger partial charge in [0.1, 0.15) is 6.20 Å². The lowest BCUT2D eigenvalue weighted by molar-refractivity contribution is -0.384. The van der Waals surface area contributed by atoms with Gasteiger partial charge in [-0.15, -0.1) is 0 Å². The van der Waals surface area contributed by atoms with Crippen molar-refractivity contribution in [3.05, 3.63) is 21.6 Å². The Morgan fingerprint density at radius 3 is 3.00 bits per heavy atom. The van der Waals surface area contributed by atoms with E-state index in [0.29, 0.717) is 0 Å². The van der Waals surface area contributed by atoms with Crippen LogP contribution >= 0.6 is 11.6 Å². The van der Waals surface area contributed by atoms with Crippen molar-refractivity contribution in [3.63, 3.8) is 0 Å². The minimum Gasteiger partial charge on any atom is -0.373 e.